The second kappa shape index (κ2) is 9.85. The Hall–Kier alpha value is -2.44. The molecular weight excluding hydrogens is 384 g/mol. The van der Waals surface area contributed by atoms with Crippen molar-refractivity contribution in [2.24, 2.45) is 0 Å². The SMILES string of the molecule is CCOC(=O)C(CCC(=O)O)O[Si](c1ccccc1)(c1ccccc1)C(C)(C)C. The van der Waals surface area contributed by atoms with Crippen LogP contribution in [0.5, 0.6) is 0 Å². The molecule has 0 amide bonds. The molecule has 2 aromatic rings. The van der Waals surface area contributed by atoms with E-state index in [0.29, 0.717) is 0 Å². The maximum Gasteiger partial charge on any atom is 0.334 e. The highest BCUT2D eigenvalue weighted by Crippen LogP contribution is 2.38. The normalized spacial score (nSPS) is 13.0. The summed E-state index contributed by atoms with van der Waals surface area (Å²) in [5, 5.41) is 10.9. The zero-order chi connectivity index (χ0) is 21.5. The zero-order valence-corrected chi connectivity index (χ0v) is 18.6. The molecule has 0 radical (unpaired) electrons. The molecule has 0 saturated heterocycles. The molecule has 1 unspecified atom stereocenters. The van der Waals surface area contributed by atoms with Crippen molar-refractivity contribution < 1.29 is 23.9 Å². The Balaban J connectivity index is 2.64. The predicted molar refractivity (Wildman–Crippen MR) is 116 cm³/mol. The van der Waals surface area contributed by atoms with Gasteiger partial charge in [0.15, 0.2) is 0 Å². The third kappa shape index (κ3) is 5.34. The smallest absolute Gasteiger partial charge is 0.334 e. The molecule has 0 aliphatic heterocycles. The van der Waals surface area contributed by atoms with Crippen LogP contribution in [0.25, 0.3) is 0 Å². The van der Waals surface area contributed by atoms with E-state index in [1.54, 1.807) is 6.92 Å². The van der Waals surface area contributed by atoms with E-state index in [2.05, 4.69) is 20.8 Å². The number of aliphatic carboxylic acids is 1. The molecule has 5 nitrogen and oxygen atoms in total. The van der Waals surface area contributed by atoms with Crippen LogP contribution in [0.15, 0.2) is 60.7 Å². The molecule has 1 N–H and O–H groups in total. The lowest BCUT2D eigenvalue weighted by molar-refractivity contribution is -0.152. The molecule has 0 bridgehead atoms. The second-order valence-electron chi connectivity index (χ2n) is 7.95. The largest absolute Gasteiger partial charge is 0.481 e. The number of carbonyl (C=O) groups is 2. The average Bonchev–Trinajstić information content (AvgIpc) is 2.68. The Bertz CT molecular complexity index is 760. The standard InChI is InChI=1S/C23H30O5Si/c1-5-27-22(26)20(16-17-21(24)25)28-29(23(2,3)4,18-12-8-6-9-13-18)19-14-10-7-11-15-19/h6-15,20H,5,16-17H2,1-4H3,(H,24,25). The average molecular weight is 415 g/mol. The third-order valence-electron chi connectivity index (χ3n) is 4.91. The van der Waals surface area contributed by atoms with Gasteiger partial charge in [-0.05, 0) is 28.8 Å². The highest BCUT2D eigenvalue weighted by atomic mass is 28.4. The fraction of sp³-hybridized carbons (Fsp3) is 0.391. The van der Waals surface area contributed by atoms with Gasteiger partial charge in [-0.2, -0.15) is 0 Å². The minimum absolute atomic E-state index is 0.0681. The molecule has 0 aromatic heterocycles. The fourth-order valence-corrected chi connectivity index (χ4v) is 8.28. The second-order valence-corrected chi connectivity index (χ2v) is 12.2. The van der Waals surface area contributed by atoms with Gasteiger partial charge in [0, 0.05) is 6.42 Å². The monoisotopic (exact) mass is 414 g/mol. The summed E-state index contributed by atoms with van der Waals surface area (Å²) >= 11 is 0. The van der Waals surface area contributed by atoms with E-state index in [-0.39, 0.29) is 24.5 Å². The van der Waals surface area contributed by atoms with Gasteiger partial charge in [0.1, 0.15) is 6.10 Å². The van der Waals surface area contributed by atoms with Crippen molar-refractivity contribution in [2.75, 3.05) is 6.61 Å². The summed E-state index contributed by atoms with van der Waals surface area (Å²) in [7, 11) is -2.97. The Morgan fingerprint density at radius 3 is 1.83 bits per heavy atom. The van der Waals surface area contributed by atoms with Gasteiger partial charge in [0.05, 0.1) is 6.61 Å². The first kappa shape index (κ1) is 22.8. The first-order chi connectivity index (χ1) is 13.7. The number of carboxylic acid groups (broad SMARTS) is 1. The molecule has 2 rings (SSSR count). The topological polar surface area (TPSA) is 72.8 Å². The summed E-state index contributed by atoms with van der Waals surface area (Å²) in [5.41, 5.74) is 0. The van der Waals surface area contributed by atoms with Gasteiger partial charge in [0.25, 0.3) is 8.32 Å². The van der Waals surface area contributed by atoms with Gasteiger partial charge in [0.2, 0.25) is 0 Å². The fourth-order valence-electron chi connectivity index (χ4n) is 3.62. The summed E-state index contributed by atoms with van der Waals surface area (Å²) in [6.07, 6.45) is -1.04. The molecule has 0 aliphatic rings. The van der Waals surface area contributed by atoms with Crippen LogP contribution in [0, 0.1) is 0 Å². The van der Waals surface area contributed by atoms with Crippen LogP contribution in [-0.2, 0) is 18.8 Å². The maximum absolute atomic E-state index is 12.7. The Morgan fingerprint density at radius 2 is 1.45 bits per heavy atom. The van der Waals surface area contributed by atoms with Gasteiger partial charge in [-0.15, -0.1) is 0 Å². The summed E-state index contributed by atoms with van der Waals surface area (Å²) in [6, 6.07) is 19.9. The lowest BCUT2D eigenvalue weighted by atomic mass is 10.2. The van der Waals surface area contributed by atoms with E-state index in [0.717, 1.165) is 10.4 Å². The molecule has 0 saturated carbocycles. The molecule has 1 atom stereocenters. The molecule has 0 aliphatic carbocycles. The van der Waals surface area contributed by atoms with E-state index in [1.165, 1.54) is 0 Å². The van der Waals surface area contributed by atoms with Crippen molar-refractivity contribution >= 4 is 30.6 Å². The number of ether oxygens (including phenoxy) is 1. The molecule has 2 aromatic carbocycles. The quantitative estimate of drug-likeness (QED) is 0.503. The Kier molecular flexibility index (Phi) is 7.76. The van der Waals surface area contributed by atoms with E-state index < -0.39 is 26.4 Å². The van der Waals surface area contributed by atoms with Crippen LogP contribution >= 0.6 is 0 Å². The van der Waals surface area contributed by atoms with Crippen molar-refractivity contribution in [1.29, 1.82) is 0 Å². The van der Waals surface area contributed by atoms with Gasteiger partial charge in [-0.25, -0.2) is 4.79 Å². The molecular formula is C23H30O5Si. The van der Waals surface area contributed by atoms with Crippen LogP contribution in [0.1, 0.15) is 40.5 Å². The molecule has 0 fully saturated rings. The summed E-state index contributed by atoms with van der Waals surface area (Å²) < 4.78 is 12.0. The minimum atomic E-state index is -2.97. The number of carbonyl (C=O) groups excluding carboxylic acids is 1. The van der Waals surface area contributed by atoms with E-state index in [1.807, 2.05) is 60.7 Å². The number of rotatable bonds is 9. The highest BCUT2D eigenvalue weighted by molar-refractivity contribution is 6.99. The van der Waals surface area contributed by atoms with E-state index >= 15 is 0 Å². The zero-order valence-electron chi connectivity index (χ0n) is 17.6. The van der Waals surface area contributed by atoms with Crippen LogP contribution in [0.4, 0.5) is 0 Å². The third-order valence-corrected chi connectivity index (χ3v) is 9.95. The van der Waals surface area contributed by atoms with E-state index in [4.69, 9.17) is 14.3 Å². The van der Waals surface area contributed by atoms with Crippen LogP contribution in [0.3, 0.4) is 0 Å². The van der Waals surface area contributed by atoms with Crippen LogP contribution in [0.2, 0.25) is 5.04 Å². The summed E-state index contributed by atoms with van der Waals surface area (Å²) in [4.78, 5) is 23.9. The maximum atomic E-state index is 12.7. The predicted octanol–water partition coefficient (Wildman–Crippen LogP) is 3.36. The van der Waals surface area contributed by atoms with Gasteiger partial charge in [-0.3, -0.25) is 4.79 Å². The van der Waals surface area contributed by atoms with Gasteiger partial charge >= 0.3 is 11.9 Å². The lowest BCUT2D eigenvalue weighted by Gasteiger charge is -2.44. The summed E-state index contributed by atoms with van der Waals surface area (Å²) in [5.74, 6) is -1.48. The minimum Gasteiger partial charge on any atom is -0.481 e. The highest BCUT2D eigenvalue weighted by Gasteiger charge is 2.52. The van der Waals surface area contributed by atoms with Crippen molar-refractivity contribution in [3.05, 3.63) is 60.7 Å². The van der Waals surface area contributed by atoms with Crippen molar-refractivity contribution in [2.45, 2.75) is 51.7 Å². The number of benzene rings is 2. The van der Waals surface area contributed by atoms with Crippen LogP contribution < -0.4 is 10.4 Å². The molecule has 0 spiro atoms. The number of hydrogen-bond donors (Lipinski definition) is 1. The number of esters is 1. The van der Waals surface area contributed by atoms with Crippen molar-refractivity contribution in [3.63, 3.8) is 0 Å². The number of carboxylic acids is 1. The Morgan fingerprint density at radius 1 is 0.966 bits per heavy atom. The first-order valence-corrected chi connectivity index (χ1v) is 11.8. The van der Waals surface area contributed by atoms with Crippen LogP contribution in [-0.4, -0.2) is 38.1 Å². The molecule has 0 heterocycles. The molecule has 156 valence electrons. The molecule has 6 heteroatoms. The lowest BCUT2D eigenvalue weighted by Crippen LogP contribution is -2.68. The number of hydrogen-bond acceptors (Lipinski definition) is 4. The first-order valence-electron chi connectivity index (χ1n) is 9.89. The van der Waals surface area contributed by atoms with Crippen molar-refractivity contribution in [1.82, 2.24) is 0 Å². The van der Waals surface area contributed by atoms with Gasteiger partial charge in [-0.1, -0.05) is 81.4 Å². The Labute approximate surface area is 173 Å². The van der Waals surface area contributed by atoms with E-state index in [9.17, 15) is 9.59 Å². The van der Waals surface area contributed by atoms with Crippen molar-refractivity contribution in [3.8, 4) is 0 Å². The van der Waals surface area contributed by atoms with Gasteiger partial charge < -0.3 is 14.3 Å². The molecule has 29 heavy (non-hydrogen) atoms. The summed E-state index contributed by atoms with van der Waals surface area (Å²) in [6.45, 7) is 8.28.